The number of carbonyl (C=O) groups is 1. The van der Waals surface area contributed by atoms with Crippen molar-refractivity contribution in [2.24, 2.45) is 5.92 Å². The van der Waals surface area contributed by atoms with Gasteiger partial charge in [-0.15, -0.1) is 0 Å². The van der Waals surface area contributed by atoms with Crippen LogP contribution in [0.4, 0.5) is 0 Å². The molecule has 1 aromatic carbocycles. The van der Waals surface area contributed by atoms with Crippen LogP contribution in [-0.4, -0.2) is 38.6 Å². The molecule has 0 aliphatic carbocycles. The second kappa shape index (κ2) is 7.96. The summed E-state index contributed by atoms with van der Waals surface area (Å²) in [5, 5.41) is 7.31. The first-order valence-electron chi connectivity index (χ1n) is 9.75. The van der Waals surface area contributed by atoms with Crippen molar-refractivity contribution < 1.29 is 9.53 Å². The van der Waals surface area contributed by atoms with E-state index in [4.69, 9.17) is 4.74 Å². The Balaban J connectivity index is 1.33. The quantitative estimate of drug-likeness (QED) is 0.736. The van der Waals surface area contributed by atoms with Crippen LogP contribution in [0, 0.1) is 19.8 Å². The van der Waals surface area contributed by atoms with Crippen molar-refractivity contribution >= 4 is 11.7 Å². The van der Waals surface area contributed by atoms with E-state index in [1.165, 1.54) is 11.9 Å². The molecule has 146 valence electrons. The van der Waals surface area contributed by atoms with Gasteiger partial charge < -0.3 is 10.1 Å². The van der Waals surface area contributed by atoms with Crippen molar-refractivity contribution in [3.8, 4) is 5.75 Å². The Morgan fingerprint density at radius 2 is 2.18 bits per heavy atom. The van der Waals surface area contributed by atoms with Gasteiger partial charge in [0.15, 0.2) is 0 Å². The van der Waals surface area contributed by atoms with Gasteiger partial charge in [-0.2, -0.15) is 10.1 Å². The molecule has 0 saturated carbocycles. The van der Waals surface area contributed by atoms with E-state index in [0.717, 1.165) is 35.5 Å². The number of aromatic nitrogens is 4. The molecule has 0 radical (unpaired) electrons. The highest BCUT2D eigenvalue weighted by Crippen LogP contribution is 2.26. The molecule has 1 atom stereocenters. The summed E-state index contributed by atoms with van der Waals surface area (Å²) in [6.45, 7) is 5.32. The summed E-state index contributed by atoms with van der Waals surface area (Å²) in [6, 6.07) is 8.15. The minimum absolute atomic E-state index is 0.0657. The molecule has 0 spiro atoms. The molecule has 1 aliphatic rings. The average Bonchev–Trinajstić information content (AvgIpc) is 3.05. The average molecular weight is 379 g/mol. The van der Waals surface area contributed by atoms with Gasteiger partial charge in [-0.1, -0.05) is 18.2 Å². The lowest BCUT2D eigenvalue weighted by atomic mass is 9.97. The zero-order valence-electron chi connectivity index (χ0n) is 16.3. The van der Waals surface area contributed by atoms with E-state index in [1.54, 1.807) is 4.52 Å². The summed E-state index contributed by atoms with van der Waals surface area (Å²) in [5.74, 6) is 2.03. The molecule has 3 aromatic rings. The number of aryl methyl sites for hydroxylation is 2. The second-order valence-corrected chi connectivity index (χ2v) is 7.35. The van der Waals surface area contributed by atoms with E-state index in [0.29, 0.717) is 37.7 Å². The molecule has 1 amide bonds. The largest absolute Gasteiger partial charge is 0.493 e. The highest BCUT2D eigenvalue weighted by atomic mass is 16.5. The summed E-state index contributed by atoms with van der Waals surface area (Å²) in [7, 11) is 0. The third kappa shape index (κ3) is 3.83. The summed E-state index contributed by atoms with van der Waals surface area (Å²) < 4.78 is 7.54. The molecule has 7 heteroatoms. The molecule has 2 aromatic heterocycles. The maximum Gasteiger partial charge on any atom is 0.252 e. The van der Waals surface area contributed by atoms with Crippen molar-refractivity contribution in [1.82, 2.24) is 24.9 Å². The van der Waals surface area contributed by atoms with Gasteiger partial charge in [0.25, 0.3) is 5.78 Å². The van der Waals surface area contributed by atoms with Crippen molar-refractivity contribution in [2.75, 3.05) is 13.2 Å². The van der Waals surface area contributed by atoms with Gasteiger partial charge >= 0.3 is 0 Å². The minimum Gasteiger partial charge on any atom is -0.493 e. The Labute approximate surface area is 164 Å². The molecule has 28 heavy (non-hydrogen) atoms. The topological polar surface area (TPSA) is 81.4 Å². The number of hydrogen-bond acceptors (Lipinski definition) is 5. The SMILES string of the molecule is Cc1nc2ncnn2c(C)c1CCC(=O)NC[C@@H]1CCOc2ccccc2C1. The number of ether oxygens (including phenoxy) is 1. The Bertz CT molecular complexity index is 998. The van der Waals surface area contributed by atoms with Crippen LogP contribution in [0.15, 0.2) is 30.6 Å². The molecule has 3 heterocycles. The first kappa shape index (κ1) is 18.4. The summed E-state index contributed by atoms with van der Waals surface area (Å²) in [5.41, 5.74) is 4.18. The first-order chi connectivity index (χ1) is 13.6. The Morgan fingerprint density at radius 3 is 3.07 bits per heavy atom. The highest BCUT2D eigenvalue weighted by molar-refractivity contribution is 5.76. The van der Waals surface area contributed by atoms with Crippen molar-refractivity contribution in [1.29, 1.82) is 0 Å². The van der Waals surface area contributed by atoms with Crippen LogP contribution in [0.2, 0.25) is 0 Å². The zero-order valence-corrected chi connectivity index (χ0v) is 16.3. The monoisotopic (exact) mass is 379 g/mol. The lowest BCUT2D eigenvalue weighted by Crippen LogP contribution is -2.30. The van der Waals surface area contributed by atoms with E-state index in [-0.39, 0.29) is 5.91 Å². The lowest BCUT2D eigenvalue weighted by molar-refractivity contribution is -0.121. The number of fused-ring (bicyclic) bond motifs is 2. The minimum atomic E-state index is 0.0657. The normalized spacial score (nSPS) is 16.3. The van der Waals surface area contributed by atoms with E-state index < -0.39 is 0 Å². The molecule has 7 nitrogen and oxygen atoms in total. The molecule has 0 saturated heterocycles. The number of hydrogen-bond donors (Lipinski definition) is 1. The van der Waals surface area contributed by atoms with Crippen LogP contribution < -0.4 is 10.1 Å². The van der Waals surface area contributed by atoms with Gasteiger partial charge in [0.1, 0.15) is 12.1 Å². The number of rotatable bonds is 5. The maximum absolute atomic E-state index is 12.4. The highest BCUT2D eigenvalue weighted by Gasteiger charge is 2.18. The van der Waals surface area contributed by atoms with Crippen LogP contribution in [0.5, 0.6) is 5.75 Å². The van der Waals surface area contributed by atoms with E-state index in [2.05, 4.69) is 26.4 Å². The molecule has 0 bridgehead atoms. The third-order valence-corrected chi connectivity index (χ3v) is 5.44. The van der Waals surface area contributed by atoms with Gasteiger partial charge in [0, 0.05) is 24.4 Å². The molecule has 1 N–H and O–H groups in total. The number of amides is 1. The van der Waals surface area contributed by atoms with Gasteiger partial charge in [0.2, 0.25) is 5.91 Å². The predicted molar refractivity (Wildman–Crippen MR) is 105 cm³/mol. The molecule has 1 aliphatic heterocycles. The Kier molecular flexibility index (Phi) is 5.23. The second-order valence-electron chi connectivity index (χ2n) is 7.35. The fourth-order valence-electron chi connectivity index (χ4n) is 3.84. The van der Waals surface area contributed by atoms with Crippen LogP contribution in [0.25, 0.3) is 5.78 Å². The third-order valence-electron chi connectivity index (χ3n) is 5.44. The first-order valence-corrected chi connectivity index (χ1v) is 9.75. The molecule has 0 unspecified atom stereocenters. The van der Waals surface area contributed by atoms with Gasteiger partial charge in [-0.05, 0) is 56.2 Å². The zero-order chi connectivity index (χ0) is 19.5. The van der Waals surface area contributed by atoms with Gasteiger partial charge in [-0.25, -0.2) is 9.50 Å². The van der Waals surface area contributed by atoms with E-state index in [1.807, 2.05) is 32.0 Å². The van der Waals surface area contributed by atoms with E-state index in [9.17, 15) is 4.79 Å². The van der Waals surface area contributed by atoms with Crippen LogP contribution in [0.1, 0.15) is 35.4 Å². The fourth-order valence-corrected chi connectivity index (χ4v) is 3.84. The van der Waals surface area contributed by atoms with E-state index >= 15 is 0 Å². The van der Waals surface area contributed by atoms with Crippen LogP contribution in [-0.2, 0) is 17.6 Å². The van der Waals surface area contributed by atoms with Crippen LogP contribution in [0.3, 0.4) is 0 Å². The molecule has 4 rings (SSSR count). The maximum atomic E-state index is 12.4. The summed E-state index contributed by atoms with van der Waals surface area (Å²) >= 11 is 0. The van der Waals surface area contributed by atoms with Crippen molar-refractivity contribution in [3.05, 3.63) is 53.1 Å². The van der Waals surface area contributed by atoms with Gasteiger partial charge in [0.05, 0.1) is 6.61 Å². The molecular weight excluding hydrogens is 354 g/mol. The number of nitrogens with one attached hydrogen (secondary N) is 1. The molecule has 0 fully saturated rings. The number of nitrogens with zero attached hydrogens (tertiary/aromatic N) is 4. The smallest absolute Gasteiger partial charge is 0.252 e. The summed E-state index contributed by atoms with van der Waals surface area (Å²) in [6.07, 6.45) is 4.45. The molecular formula is C21H25N5O2. The van der Waals surface area contributed by atoms with Crippen LogP contribution >= 0.6 is 0 Å². The lowest BCUT2D eigenvalue weighted by Gasteiger charge is -2.15. The number of para-hydroxylation sites is 1. The van der Waals surface area contributed by atoms with Gasteiger partial charge in [-0.3, -0.25) is 4.79 Å². The predicted octanol–water partition coefficient (Wildman–Crippen LogP) is 2.43. The Morgan fingerprint density at radius 1 is 1.32 bits per heavy atom. The Hall–Kier alpha value is -2.96. The summed E-state index contributed by atoms with van der Waals surface area (Å²) in [4.78, 5) is 21.0. The standard InChI is InChI=1S/C21H25N5O2/c1-14-18(15(2)26-21(25-14)23-13-24-26)7-8-20(27)22-12-16-9-10-28-19-6-4-3-5-17(19)11-16/h3-6,13,16H,7-12H2,1-2H3,(H,22,27)/t16-/m1/s1. The fraction of sp³-hybridized carbons (Fsp3) is 0.429. The van der Waals surface area contributed by atoms with Crippen molar-refractivity contribution in [2.45, 2.75) is 39.5 Å². The van der Waals surface area contributed by atoms with Crippen molar-refractivity contribution in [3.63, 3.8) is 0 Å². The number of benzene rings is 1. The number of carbonyl (C=O) groups excluding carboxylic acids is 1.